The van der Waals surface area contributed by atoms with Gasteiger partial charge in [-0.05, 0) is 33.6 Å². The number of anilines is 1. The molecule has 3 heterocycles. The van der Waals surface area contributed by atoms with Crippen LogP contribution >= 0.6 is 0 Å². The van der Waals surface area contributed by atoms with Crippen molar-refractivity contribution in [3.63, 3.8) is 0 Å². The van der Waals surface area contributed by atoms with E-state index in [4.69, 9.17) is 4.74 Å². The lowest BCUT2D eigenvalue weighted by Gasteiger charge is -2.38. The van der Waals surface area contributed by atoms with Crippen LogP contribution in [0.4, 0.5) is 5.82 Å². The molecule has 2 saturated heterocycles. The molecule has 0 aromatic carbocycles. The second-order valence-corrected chi connectivity index (χ2v) is 8.53. The molecule has 2 aliphatic rings. The van der Waals surface area contributed by atoms with Crippen molar-refractivity contribution in [3.8, 4) is 0 Å². The van der Waals surface area contributed by atoms with Gasteiger partial charge in [-0.2, -0.15) is 22.5 Å². The summed E-state index contributed by atoms with van der Waals surface area (Å²) in [4.78, 5) is 14.5. The lowest BCUT2D eigenvalue weighted by molar-refractivity contribution is -0.121. The fourth-order valence-corrected chi connectivity index (χ4v) is 5.12. The maximum absolute atomic E-state index is 12.9. The lowest BCUT2D eigenvalue weighted by atomic mass is 10.1. The molecule has 3 atom stereocenters. The van der Waals surface area contributed by atoms with E-state index < -0.39 is 16.3 Å². The van der Waals surface area contributed by atoms with Gasteiger partial charge in [-0.15, -0.1) is 0 Å². The van der Waals surface area contributed by atoms with Crippen LogP contribution in [0.3, 0.4) is 0 Å². The van der Waals surface area contributed by atoms with Crippen molar-refractivity contribution in [3.05, 3.63) is 12.3 Å². The van der Waals surface area contributed by atoms with E-state index in [1.54, 1.807) is 28.8 Å². The number of piperidine rings is 1. The van der Waals surface area contributed by atoms with E-state index in [1.165, 1.54) is 4.31 Å². The van der Waals surface area contributed by atoms with Crippen LogP contribution in [0, 0.1) is 0 Å². The Hall–Kier alpha value is -1.49. The van der Waals surface area contributed by atoms with Gasteiger partial charge in [-0.1, -0.05) is 0 Å². The summed E-state index contributed by atoms with van der Waals surface area (Å²) in [5, 5.41) is 4.20. The molecule has 1 aromatic heterocycles. The SMILES string of the molecule is CCn1nccc1N1CCC[C@H](NS(=O)(=O)N2C[C@@H](C)OC[C@@H]2C)C1=O. The molecule has 0 radical (unpaired) electrons. The van der Waals surface area contributed by atoms with Gasteiger partial charge in [-0.3, -0.25) is 9.69 Å². The minimum Gasteiger partial charge on any atom is -0.375 e. The molecule has 26 heavy (non-hydrogen) atoms. The molecule has 1 aromatic rings. The van der Waals surface area contributed by atoms with Gasteiger partial charge in [-0.25, -0.2) is 4.68 Å². The lowest BCUT2D eigenvalue weighted by Crippen LogP contribution is -2.59. The molecule has 0 saturated carbocycles. The Morgan fingerprint density at radius 3 is 2.88 bits per heavy atom. The van der Waals surface area contributed by atoms with Crippen LogP contribution in [0.1, 0.15) is 33.6 Å². The van der Waals surface area contributed by atoms with Gasteiger partial charge in [0.25, 0.3) is 10.2 Å². The first-order valence-electron chi connectivity index (χ1n) is 9.07. The number of aromatic nitrogens is 2. The van der Waals surface area contributed by atoms with E-state index in [0.717, 1.165) is 6.42 Å². The van der Waals surface area contributed by atoms with Gasteiger partial charge < -0.3 is 4.74 Å². The quantitative estimate of drug-likeness (QED) is 0.788. The van der Waals surface area contributed by atoms with E-state index in [9.17, 15) is 13.2 Å². The Labute approximate surface area is 154 Å². The zero-order valence-electron chi connectivity index (χ0n) is 15.5. The number of carbonyl (C=O) groups excluding carboxylic acids is 1. The molecule has 3 rings (SSSR count). The molecule has 0 bridgehead atoms. The molecule has 9 nitrogen and oxygen atoms in total. The second-order valence-electron chi connectivity index (χ2n) is 6.88. The number of aryl methyl sites for hydroxylation is 1. The van der Waals surface area contributed by atoms with E-state index in [1.807, 2.05) is 13.8 Å². The summed E-state index contributed by atoms with van der Waals surface area (Å²) in [6.45, 7) is 7.44. The topological polar surface area (TPSA) is 96.8 Å². The third kappa shape index (κ3) is 3.78. The molecule has 2 aliphatic heterocycles. The standard InChI is InChI=1S/C16H27N5O4S/c1-4-20-15(7-8-17-20)19-9-5-6-14(16(19)22)18-26(23,24)21-10-13(3)25-11-12(21)2/h7-8,12-14,18H,4-6,9-11H2,1-3H3/t12-,13+,14-/m0/s1. The largest absolute Gasteiger partial charge is 0.375 e. The number of nitrogens with zero attached hydrogens (tertiary/aromatic N) is 4. The van der Waals surface area contributed by atoms with Gasteiger partial charge in [0.05, 0.1) is 18.9 Å². The summed E-state index contributed by atoms with van der Waals surface area (Å²) >= 11 is 0. The van der Waals surface area contributed by atoms with Crippen molar-refractivity contribution in [2.45, 2.75) is 58.3 Å². The molecule has 2 fully saturated rings. The molecule has 10 heteroatoms. The average molecular weight is 385 g/mol. The fourth-order valence-electron chi connectivity index (χ4n) is 3.47. The summed E-state index contributed by atoms with van der Waals surface area (Å²) in [7, 11) is -3.77. The first-order valence-corrected chi connectivity index (χ1v) is 10.5. The Bertz CT molecular complexity index is 750. The van der Waals surface area contributed by atoms with Crippen molar-refractivity contribution in [1.82, 2.24) is 18.8 Å². The average Bonchev–Trinajstić information content (AvgIpc) is 3.07. The highest BCUT2D eigenvalue weighted by atomic mass is 32.2. The van der Waals surface area contributed by atoms with Crippen LogP contribution in [0.5, 0.6) is 0 Å². The number of rotatable bonds is 5. The summed E-state index contributed by atoms with van der Waals surface area (Å²) in [6.07, 6.45) is 2.70. The summed E-state index contributed by atoms with van der Waals surface area (Å²) in [6, 6.07) is 0.753. The molecular formula is C16H27N5O4S. The van der Waals surface area contributed by atoms with Crippen LogP contribution in [0.25, 0.3) is 0 Å². The normalized spacial score (nSPS) is 28.5. The Kier molecular flexibility index (Phi) is 5.66. The highest BCUT2D eigenvalue weighted by Crippen LogP contribution is 2.22. The Balaban J connectivity index is 1.75. The molecular weight excluding hydrogens is 358 g/mol. The molecule has 0 unspecified atom stereocenters. The van der Waals surface area contributed by atoms with Crippen molar-refractivity contribution >= 4 is 21.9 Å². The third-order valence-electron chi connectivity index (χ3n) is 4.86. The van der Waals surface area contributed by atoms with Crippen molar-refractivity contribution in [2.75, 3.05) is 24.6 Å². The fraction of sp³-hybridized carbons (Fsp3) is 0.750. The van der Waals surface area contributed by atoms with E-state index >= 15 is 0 Å². The van der Waals surface area contributed by atoms with Gasteiger partial charge in [0.2, 0.25) is 5.91 Å². The zero-order chi connectivity index (χ0) is 18.9. The van der Waals surface area contributed by atoms with Crippen LogP contribution in [0.2, 0.25) is 0 Å². The highest BCUT2D eigenvalue weighted by Gasteiger charge is 2.38. The zero-order valence-corrected chi connectivity index (χ0v) is 16.3. The minimum atomic E-state index is -3.77. The number of amides is 1. The number of carbonyl (C=O) groups is 1. The Morgan fingerprint density at radius 1 is 1.38 bits per heavy atom. The van der Waals surface area contributed by atoms with E-state index in [-0.39, 0.29) is 24.6 Å². The van der Waals surface area contributed by atoms with Crippen molar-refractivity contribution in [2.24, 2.45) is 0 Å². The number of hydrogen-bond donors (Lipinski definition) is 1. The predicted octanol–water partition coefficient (Wildman–Crippen LogP) is 0.342. The number of ether oxygens (including phenoxy) is 1. The minimum absolute atomic E-state index is 0.166. The van der Waals surface area contributed by atoms with Crippen LogP contribution in [-0.2, 0) is 26.3 Å². The number of hydrogen-bond acceptors (Lipinski definition) is 5. The maximum Gasteiger partial charge on any atom is 0.280 e. The highest BCUT2D eigenvalue weighted by molar-refractivity contribution is 7.87. The Morgan fingerprint density at radius 2 is 2.15 bits per heavy atom. The number of nitrogens with one attached hydrogen (secondary N) is 1. The van der Waals surface area contributed by atoms with Crippen LogP contribution in [0.15, 0.2) is 12.3 Å². The molecule has 146 valence electrons. The smallest absolute Gasteiger partial charge is 0.280 e. The van der Waals surface area contributed by atoms with Crippen LogP contribution in [-0.4, -0.2) is 66.3 Å². The first-order chi connectivity index (χ1) is 12.3. The van der Waals surface area contributed by atoms with Crippen molar-refractivity contribution < 1.29 is 17.9 Å². The molecule has 0 aliphatic carbocycles. The van der Waals surface area contributed by atoms with Gasteiger partial charge in [0.15, 0.2) is 0 Å². The van der Waals surface area contributed by atoms with Crippen LogP contribution < -0.4 is 9.62 Å². The molecule has 0 spiro atoms. The van der Waals surface area contributed by atoms with E-state index in [0.29, 0.717) is 31.9 Å². The summed E-state index contributed by atoms with van der Waals surface area (Å²) in [5.41, 5.74) is 0. The van der Waals surface area contributed by atoms with Gasteiger partial charge in [0, 0.05) is 31.7 Å². The predicted molar refractivity (Wildman–Crippen MR) is 96.9 cm³/mol. The second kappa shape index (κ2) is 7.63. The summed E-state index contributed by atoms with van der Waals surface area (Å²) in [5.74, 6) is 0.471. The van der Waals surface area contributed by atoms with Crippen molar-refractivity contribution in [1.29, 1.82) is 0 Å². The maximum atomic E-state index is 12.9. The molecule has 1 amide bonds. The third-order valence-corrected chi connectivity index (χ3v) is 6.57. The monoisotopic (exact) mass is 385 g/mol. The first kappa shape index (κ1) is 19.3. The molecule has 1 N–H and O–H groups in total. The van der Waals surface area contributed by atoms with E-state index in [2.05, 4.69) is 9.82 Å². The van der Waals surface area contributed by atoms with Gasteiger partial charge >= 0.3 is 0 Å². The number of morpholine rings is 1. The van der Waals surface area contributed by atoms with Gasteiger partial charge in [0.1, 0.15) is 11.9 Å². The summed E-state index contributed by atoms with van der Waals surface area (Å²) < 4.78 is 36.9.